The van der Waals surface area contributed by atoms with E-state index in [0.717, 1.165) is 27.4 Å². The van der Waals surface area contributed by atoms with Gasteiger partial charge < -0.3 is 10.2 Å². The van der Waals surface area contributed by atoms with Crippen molar-refractivity contribution in [3.8, 4) is 0 Å². The van der Waals surface area contributed by atoms with E-state index >= 15 is 0 Å². The summed E-state index contributed by atoms with van der Waals surface area (Å²) in [5.74, 6) is 0.0274. The average molecular weight is 419 g/mol. The van der Waals surface area contributed by atoms with Gasteiger partial charge in [-0.3, -0.25) is 4.79 Å². The topological polar surface area (TPSA) is 58.1 Å². The van der Waals surface area contributed by atoms with E-state index in [1.807, 2.05) is 6.07 Å². The summed E-state index contributed by atoms with van der Waals surface area (Å²) >= 11 is 2.85. The van der Waals surface area contributed by atoms with E-state index in [0.29, 0.717) is 23.2 Å². The molecule has 8 heteroatoms. The van der Waals surface area contributed by atoms with Gasteiger partial charge in [0.1, 0.15) is 17.2 Å². The second-order valence-corrected chi connectivity index (χ2v) is 8.98. The summed E-state index contributed by atoms with van der Waals surface area (Å²) in [5.41, 5.74) is 0.623. The molecule has 1 N–H and O–H groups in total. The number of carbonyl (C=O) groups is 1. The van der Waals surface area contributed by atoms with Crippen LogP contribution in [0.5, 0.6) is 0 Å². The molecule has 0 spiro atoms. The quantitative estimate of drug-likeness (QED) is 0.356. The lowest BCUT2D eigenvalue weighted by atomic mass is 10.1. The van der Waals surface area contributed by atoms with Crippen LogP contribution in [0.2, 0.25) is 0 Å². The Kier molecular flexibility index (Phi) is 6.39. The Balaban J connectivity index is 1.32. The summed E-state index contributed by atoms with van der Waals surface area (Å²) in [6, 6.07) is 5.03. The molecule has 0 bridgehead atoms. The first-order valence-corrected chi connectivity index (χ1v) is 11.5. The van der Waals surface area contributed by atoms with Gasteiger partial charge in [0.2, 0.25) is 5.91 Å². The van der Waals surface area contributed by atoms with Gasteiger partial charge in [-0.2, -0.15) is 0 Å². The van der Waals surface area contributed by atoms with Gasteiger partial charge >= 0.3 is 0 Å². The Morgan fingerprint density at radius 1 is 1.25 bits per heavy atom. The highest BCUT2D eigenvalue weighted by molar-refractivity contribution is 8.00. The SMILES string of the molecule is O=C(CSc1ncnc2c1sc1cccc(F)c12)NCCCN1CCCCC1. The van der Waals surface area contributed by atoms with Crippen LogP contribution in [0, 0.1) is 5.82 Å². The molecule has 2 aromatic heterocycles. The molecule has 5 nitrogen and oxygen atoms in total. The number of piperidine rings is 1. The molecule has 1 aliphatic rings. The van der Waals surface area contributed by atoms with E-state index in [1.54, 1.807) is 6.07 Å². The number of aromatic nitrogens is 2. The van der Waals surface area contributed by atoms with Crippen LogP contribution in [-0.4, -0.2) is 52.7 Å². The number of rotatable bonds is 7. The molecule has 0 unspecified atom stereocenters. The number of hydrogen-bond acceptors (Lipinski definition) is 6. The van der Waals surface area contributed by atoms with Crippen molar-refractivity contribution in [2.24, 2.45) is 0 Å². The minimum Gasteiger partial charge on any atom is -0.355 e. The lowest BCUT2D eigenvalue weighted by Crippen LogP contribution is -2.33. The van der Waals surface area contributed by atoms with Crippen LogP contribution in [0.3, 0.4) is 0 Å². The Labute approximate surface area is 171 Å². The van der Waals surface area contributed by atoms with Crippen molar-refractivity contribution < 1.29 is 9.18 Å². The van der Waals surface area contributed by atoms with Gasteiger partial charge in [0.25, 0.3) is 0 Å². The lowest BCUT2D eigenvalue weighted by molar-refractivity contribution is -0.118. The molecule has 0 aliphatic carbocycles. The average Bonchev–Trinajstić information content (AvgIpc) is 3.11. The number of nitrogens with zero attached hydrogens (tertiary/aromatic N) is 3. The molecule has 3 aromatic rings. The highest BCUT2D eigenvalue weighted by atomic mass is 32.2. The Bertz CT molecular complexity index is 971. The second-order valence-electron chi connectivity index (χ2n) is 6.97. The molecule has 1 amide bonds. The van der Waals surface area contributed by atoms with Crippen LogP contribution < -0.4 is 5.32 Å². The first kappa shape index (κ1) is 19.5. The molecule has 148 valence electrons. The molecule has 1 saturated heterocycles. The molecule has 1 aromatic carbocycles. The molecular formula is C20H23FN4OS2. The van der Waals surface area contributed by atoms with E-state index in [-0.39, 0.29) is 11.7 Å². The van der Waals surface area contributed by atoms with E-state index in [2.05, 4.69) is 20.2 Å². The van der Waals surface area contributed by atoms with Crippen LogP contribution in [0.1, 0.15) is 25.7 Å². The molecule has 4 rings (SSSR count). The highest BCUT2D eigenvalue weighted by Crippen LogP contribution is 2.38. The van der Waals surface area contributed by atoms with Gasteiger partial charge in [0.05, 0.1) is 21.4 Å². The number of thioether (sulfide) groups is 1. The molecule has 0 radical (unpaired) electrons. The van der Waals surface area contributed by atoms with Crippen LogP contribution >= 0.6 is 23.1 Å². The minimum absolute atomic E-state index is 0.00250. The molecule has 1 fully saturated rings. The van der Waals surface area contributed by atoms with Crippen LogP contribution in [0.15, 0.2) is 29.6 Å². The summed E-state index contributed by atoms with van der Waals surface area (Å²) in [6.07, 6.45) is 6.34. The number of amides is 1. The van der Waals surface area contributed by atoms with Crippen LogP contribution in [0.25, 0.3) is 20.3 Å². The van der Waals surface area contributed by atoms with E-state index < -0.39 is 0 Å². The number of nitrogens with one attached hydrogen (secondary N) is 1. The fraction of sp³-hybridized carbons (Fsp3) is 0.450. The van der Waals surface area contributed by atoms with Gasteiger partial charge in [-0.05, 0) is 51.0 Å². The standard InChI is InChI=1S/C20H23FN4OS2/c21-14-6-4-7-15-17(14)18-19(28-15)20(24-13-23-18)27-12-16(26)22-8-5-11-25-9-2-1-3-10-25/h4,6-7,13H,1-3,5,8-12H2,(H,22,26). The van der Waals surface area contributed by atoms with Gasteiger partial charge in [0, 0.05) is 11.2 Å². The summed E-state index contributed by atoms with van der Waals surface area (Å²) in [7, 11) is 0. The largest absolute Gasteiger partial charge is 0.355 e. The van der Waals surface area contributed by atoms with Crippen molar-refractivity contribution in [3.05, 3.63) is 30.3 Å². The number of hydrogen-bond donors (Lipinski definition) is 1. The monoisotopic (exact) mass is 418 g/mol. The second kappa shape index (κ2) is 9.15. The van der Waals surface area contributed by atoms with E-state index in [4.69, 9.17) is 0 Å². The zero-order valence-electron chi connectivity index (χ0n) is 15.6. The molecule has 0 saturated carbocycles. The fourth-order valence-corrected chi connectivity index (χ4v) is 5.63. The first-order valence-electron chi connectivity index (χ1n) is 9.66. The highest BCUT2D eigenvalue weighted by Gasteiger charge is 2.15. The Hall–Kier alpha value is -1.77. The predicted molar refractivity (Wildman–Crippen MR) is 114 cm³/mol. The van der Waals surface area contributed by atoms with E-state index in [1.165, 1.54) is 67.8 Å². The van der Waals surface area contributed by atoms with Crippen molar-refractivity contribution in [2.75, 3.05) is 31.9 Å². The third kappa shape index (κ3) is 4.45. The Morgan fingerprint density at radius 2 is 2.11 bits per heavy atom. The zero-order valence-corrected chi connectivity index (χ0v) is 17.3. The number of thiophene rings is 1. The smallest absolute Gasteiger partial charge is 0.230 e. The van der Waals surface area contributed by atoms with Crippen molar-refractivity contribution in [2.45, 2.75) is 30.7 Å². The van der Waals surface area contributed by atoms with Crippen molar-refractivity contribution >= 4 is 49.3 Å². The summed E-state index contributed by atoms with van der Waals surface area (Å²) in [6.45, 7) is 4.11. The van der Waals surface area contributed by atoms with E-state index in [9.17, 15) is 9.18 Å². The Morgan fingerprint density at radius 3 is 2.96 bits per heavy atom. The third-order valence-corrected chi connectivity index (χ3v) is 7.23. The maximum atomic E-state index is 14.2. The first-order chi connectivity index (χ1) is 13.7. The fourth-order valence-electron chi connectivity index (χ4n) is 3.56. The number of fused-ring (bicyclic) bond motifs is 3. The predicted octanol–water partition coefficient (Wildman–Crippen LogP) is 4.07. The maximum absolute atomic E-state index is 14.2. The summed E-state index contributed by atoms with van der Waals surface area (Å²) < 4.78 is 15.9. The minimum atomic E-state index is -0.273. The van der Waals surface area contributed by atoms with Gasteiger partial charge in [0.15, 0.2) is 0 Å². The molecule has 28 heavy (non-hydrogen) atoms. The lowest BCUT2D eigenvalue weighted by Gasteiger charge is -2.26. The van der Waals surface area contributed by atoms with Crippen LogP contribution in [-0.2, 0) is 4.79 Å². The third-order valence-electron chi connectivity index (χ3n) is 4.96. The summed E-state index contributed by atoms with van der Waals surface area (Å²) in [4.78, 5) is 23.2. The van der Waals surface area contributed by atoms with Gasteiger partial charge in [-0.1, -0.05) is 24.2 Å². The molecule has 3 heterocycles. The number of halogens is 1. The maximum Gasteiger partial charge on any atom is 0.230 e. The van der Waals surface area contributed by atoms with Gasteiger partial charge in [-0.25, -0.2) is 14.4 Å². The number of likely N-dealkylation sites (tertiary alicyclic amines) is 1. The molecule has 0 atom stereocenters. The van der Waals surface area contributed by atoms with Crippen molar-refractivity contribution in [3.63, 3.8) is 0 Å². The van der Waals surface area contributed by atoms with Crippen molar-refractivity contribution in [1.82, 2.24) is 20.2 Å². The number of benzene rings is 1. The molecule has 1 aliphatic heterocycles. The van der Waals surface area contributed by atoms with Gasteiger partial charge in [-0.15, -0.1) is 11.3 Å². The summed E-state index contributed by atoms with van der Waals surface area (Å²) in [5, 5.41) is 4.26. The normalized spacial score (nSPS) is 15.3. The van der Waals surface area contributed by atoms with Crippen LogP contribution in [0.4, 0.5) is 4.39 Å². The molecular weight excluding hydrogens is 395 g/mol. The number of carbonyl (C=O) groups excluding carboxylic acids is 1. The van der Waals surface area contributed by atoms with Crippen molar-refractivity contribution in [1.29, 1.82) is 0 Å². The zero-order chi connectivity index (χ0) is 19.3.